The molecule has 4 heteroatoms. The smallest absolute Gasteiger partial charge is 0.309 e. The van der Waals surface area contributed by atoms with Crippen LogP contribution in [0.5, 0.6) is 0 Å². The van der Waals surface area contributed by atoms with E-state index in [1.54, 1.807) is 0 Å². The number of carbonyl (C=O) groups is 1. The number of likely N-dealkylation sites (N-methyl/N-ethyl adjacent to an activating group) is 1. The van der Waals surface area contributed by atoms with Gasteiger partial charge in [-0.1, -0.05) is 45.4 Å². The summed E-state index contributed by atoms with van der Waals surface area (Å²) in [4.78, 5) is 13.0. The number of halogens is 1. The molecule has 0 bridgehead atoms. The molecule has 166 valence electrons. The normalized spacial score (nSPS) is 18.6. The highest BCUT2D eigenvalue weighted by Crippen LogP contribution is 2.42. The molecule has 2 rings (SSSR count). The van der Waals surface area contributed by atoms with Gasteiger partial charge >= 0.3 is 5.97 Å². The van der Waals surface area contributed by atoms with E-state index < -0.39 is 0 Å². The van der Waals surface area contributed by atoms with Gasteiger partial charge in [-0.15, -0.1) is 0 Å². The van der Waals surface area contributed by atoms with Gasteiger partial charge in [-0.25, -0.2) is 0 Å². The Labute approximate surface area is 185 Å². The first-order valence-corrected chi connectivity index (χ1v) is 12.2. The maximum absolute atomic E-state index is 13.0. The molecule has 0 radical (unpaired) electrons. The van der Waals surface area contributed by atoms with Crippen LogP contribution in [0.1, 0.15) is 97.8 Å². The van der Waals surface area contributed by atoms with Crippen molar-refractivity contribution >= 4 is 5.97 Å². The zero-order chi connectivity index (χ0) is 19.5. The van der Waals surface area contributed by atoms with E-state index in [2.05, 4.69) is 20.8 Å². The quantitative estimate of drug-likeness (QED) is 0.240. The lowest BCUT2D eigenvalue weighted by molar-refractivity contribution is -0.925. The van der Waals surface area contributed by atoms with Gasteiger partial charge in [-0.3, -0.25) is 4.79 Å². The van der Waals surface area contributed by atoms with Crippen LogP contribution in [0.4, 0.5) is 0 Å². The van der Waals surface area contributed by atoms with E-state index in [1.807, 2.05) is 0 Å². The minimum atomic E-state index is 0. The average molecular weight is 461 g/mol. The Bertz CT molecular complexity index is 397. The van der Waals surface area contributed by atoms with Crippen molar-refractivity contribution in [3.8, 4) is 0 Å². The fraction of sp³-hybridized carbons (Fsp3) is 0.958. The topological polar surface area (TPSA) is 26.3 Å². The van der Waals surface area contributed by atoms with Crippen LogP contribution in [0.25, 0.3) is 0 Å². The molecule has 2 aliphatic carbocycles. The summed E-state index contributed by atoms with van der Waals surface area (Å²) < 4.78 is 7.07. The number of esters is 1. The third-order valence-electron chi connectivity index (χ3n) is 7.73. The van der Waals surface area contributed by atoms with E-state index in [0.717, 1.165) is 24.1 Å². The van der Waals surface area contributed by atoms with Gasteiger partial charge in [-0.05, 0) is 64.2 Å². The first-order chi connectivity index (χ1) is 13.2. The zero-order valence-corrected chi connectivity index (χ0v) is 20.5. The largest absolute Gasteiger partial charge is 1.00 e. The SMILES string of the molecule is CCCCCC[N+](CC)(CC)CCOC(=O)C(C1CCCC1)C1CCCC1.[Br-]. The molecule has 28 heavy (non-hydrogen) atoms. The van der Waals surface area contributed by atoms with E-state index in [-0.39, 0.29) is 28.9 Å². The molecule has 2 aliphatic rings. The Morgan fingerprint density at radius 2 is 1.39 bits per heavy atom. The second-order valence-electron chi connectivity index (χ2n) is 9.26. The summed E-state index contributed by atoms with van der Waals surface area (Å²) in [6.45, 7) is 12.0. The molecule has 0 atom stereocenters. The van der Waals surface area contributed by atoms with Crippen molar-refractivity contribution in [3.05, 3.63) is 0 Å². The number of carbonyl (C=O) groups excluding carboxylic acids is 1. The minimum Gasteiger partial charge on any atom is -1.00 e. The van der Waals surface area contributed by atoms with Gasteiger partial charge in [0.25, 0.3) is 0 Å². The lowest BCUT2D eigenvalue weighted by atomic mass is 9.79. The number of unbranched alkanes of at least 4 members (excludes halogenated alkanes) is 3. The van der Waals surface area contributed by atoms with Crippen LogP contribution in [0.2, 0.25) is 0 Å². The van der Waals surface area contributed by atoms with Crippen molar-refractivity contribution in [2.75, 3.05) is 32.8 Å². The van der Waals surface area contributed by atoms with Gasteiger partial charge in [0.15, 0.2) is 0 Å². The van der Waals surface area contributed by atoms with E-state index in [0.29, 0.717) is 18.4 Å². The Morgan fingerprint density at radius 1 is 0.857 bits per heavy atom. The molecule has 0 heterocycles. The predicted octanol–water partition coefficient (Wildman–Crippen LogP) is 2.97. The highest BCUT2D eigenvalue weighted by atomic mass is 79.9. The summed E-state index contributed by atoms with van der Waals surface area (Å²) in [5.74, 6) is 1.55. The standard InChI is InChI=1S/C24H46NO2.BrH/c1-4-7-8-13-18-25(5-2,6-3)19-20-27-24(26)23(21-14-9-10-15-21)22-16-11-12-17-22;/h21-23H,4-20H2,1-3H3;1H/q+1;/p-1. The van der Waals surface area contributed by atoms with Crippen molar-refractivity contribution in [2.45, 2.75) is 97.8 Å². The fourth-order valence-electron chi connectivity index (χ4n) is 5.68. The van der Waals surface area contributed by atoms with E-state index in [4.69, 9.17) is 4.74 Å². The number of ether oxygens (including phenoxy) is 1. The first kappa shape index (κ1) is 25.9. The molecule has 3 nitrogen and oxygen atoms in total. The average Bonchev–Trinajstić information content (AvgIpc) is 3.39. The van der Waals surface area contributed by atoms with Crippen LogP contribution < -0.4 is 17.0 Å². The molecule has 0 spiro atoms. The molecule has 2 fully saturated rings. The van der Waals surface area contributed by atoms with Crippen molar-refractivity contribution in [3.63, 3.8) is 0 Å². The number of nitrogens with zero attached hydrogens (tertiary/aromatic N) is 1. The van der Waals surface area contributed by atoms with Gasteiger partial charge in [0.05, 0.1) is 25.6 Å². The van der Waals surface area contributed by atoms with Crippen molar-refractivity contribution in [1.82, 2.24) is 0 Å². The maximum Gasteiger partial charge on any atom is 0.309 e. The first-order valence-electron chi connectivity index (χ1n) is 12.2. The van der Waals surface area contributed by atoms with Crippen LogP contribution >= 0.6 is 0 Å². The molecule has 2 saturated carbocycles. The number of hydrogen-bond donors (Lipinski definition) is 0. The Balaban J connectivity index is 0.00000392. The van der Waals surface area contributed by atoms with Crippen LogP contribution in [-0.2, 0) is 9.53 Å². The summed E-state index contributed by atoms with van der Waals surface area (Å²) in [6, 6.07) is 0. The third kappa shape index (κ3) is 7.63. The summed E-state index contributed by atoms with van der Waals surface area (Å²) in [6.07, 6.45) is 15.5. The van der Waals surface area contributed by atoms with Crippen LogP contribution in [0.15, 0.2) is 0 Å². The monoisotopic (exact) mass is 459 g/mol. The van der Waals surface area contributed by atoms with Gasteiger partial charge in [-0.2, -0.15) is 0 Å². The highest BCUT2D eigenvalue weighted by molar-refractivity contribution is 5.73. The molecule has 0 aromatic carbocycles. The van der Waals surface area contributed by atoms with Crippen molar-refractivity contribution in [1.29, 1.82) is 0 Å². The molecule has 0 aliphatic heterocycles. The molecule has 0 saturated heterocycles. The summed E-state index contributed by atoms with van der Waals surface area (Å²) in [5, 5.41) is 0. The van der Waals surface area contributed by atoms with Gasteiger partial charge in [0.1, 0.15) is 13.2 Å². The maximum atomic E-state index is 13.0. The van der Waals surface area contributed by atoms with Crippen LogP contribution in [-0.4, -0.2) is 43.2 Å². The second kappa shape index (κ2) is 14.0. The van der Waals surface area contributed by atoms with E-state index >= 15 is 0 Å². The highest BCUT2D eigenvalue weighted by Gasteiger charge is 2.39. The van der Waals surface area contributed by atoms with Crippen LogP contribution in [0, 0.1) is 17.8 Å². The molecule has 0 N–H and O–H groups in total. The number of quaternary nitrogens is 1. The molecule has 0 unspecified atom stereocenters. The molecular weight excluding hydrogens is 414 g/mol. The van der Waals surface area contributed by atoms with E-state index in [9.17, 15) is 4.79 Å². The Morgan fingerprint density at radius 3 is 1.86 bits per heavy atom. The Hall–Kier alpha value is -0.0900. The third-order valence-corrected chi connectivity index (χ3v) is 7.73. The van der Waals surface area contributed by atoms with Crippen LogP contribution in [0.3, 0.4) is 0 Å². The lowest BCUT2D eigenvalue weighted by Gasteiger charge is -2.37. The molecule has 0 aromatic rings. The molecule has 0 amide bonds. The lowest BCUT2D eigenvalue weighted by Crippen LogP contribution is -3.00. The minimum absolute atomic E-state index is 0. The zero-order valence-electron chi connectivity index (χ0n) is 18.9. The van der Waals surface area contributed by atoms with Gasteiger partial charge < -0.3 is 26.2 Å². The van der Waals surface area contributed by atoms with E-state index in [1.165, 1.54) is 83.6 Å². The fourth-order valence-corrected chi connectivity index (χ4v) is 5.68. The summed E-state index contributed by atoms with van der Waals surface area (Å²) >= 11 is 0. The summed E-state index contributed by atoms with van der Waals surface area (Å²) in [5.41, 5.74) is 0. The number of rotatable bonds is 13. The van der Waals surface area contributed by atoms with Gasteiger partial charge in [0.2, 0.25) is 0 Å². The van der Waals surface area contributed by atoms with Crippen molar-refractivity contribution in [2.24, 2.45) is 17.8 Å². The van der Waals surface area contributed by atoms with Gasteiger partial charge in [0, 0.05) is 0 Å². The second-order valence-corrected chi connectivity index (χ2v) is 9.26. The summed E-state index contributed by atoms with van der Waals surface area (Å²) in [7, 11) is 0. The molecule has 0 aromatic heterocycles. The Kier molecular flexibility index (Phi) is 13.0. The number of hydrogen-bond acceptors (Lipinski definition) is 2. The van der Waals surface area contributed by atoms with Crippen molar-refractivity contribution < 1.29 is 31.0 Å². The molecular formula is C24H46BrNO2. The predicted molar refractivity (Wildman–Crippen MR) is 114 cm³/mol.